The minimum atomic E-state index is 0.226. The third kappa shape index (κ3) is 3.74. The molecular weight excluding hydrogens is 312 g/mol. The molecule has 3 aromatic rings. The molecule has 3 heterocycles. The molecule has 0 unspecified atom stereocenters. The van der Waals surface area contributed by atoms with Gasteiger partial charge in [-0.25, -0.2) is 9.50 Å². The van der Waals surface area contributed by atoms with Crippen molar-refractivity contribution in [2.45, 2.75) is 54.1 Å². The molecule has 1 N–H and O–H groups in total. The van der Waals surface area contributed by atoms with Crippen LogP contribution in [0.3, 0.4) is 0 Å². The highest BCUT2D eigenvalue weighted by molar-refractivity contribution is 5.42. The Morgan fingerprint density at radius 3 is 2.44 bits per heavy atom. The Morgan fingerprint density at radius 1 is 1.04 bits per heavy atom. The Kier molecular flexibility index (Phi) is 4.90. The number of aryl methyl sites for hydroxylation is 4. The van der Waals surface area contributed by atoms with E-state index in [9.17, 15) is 0 Å². The highest BCUT2D eigenvalue weighted by atomic mass is 15.3. The smallest absolute Gasteiger partial charge is 0.155 e. The average Bonchev–Trinajstić information content (AvgIpc) is 3.07. The van der Waals surface area contributed by atoms with Crippen LogP contribution < -0.4 is 5.32 Å². The van der Waals surface area contributed by atoms with Crippen molar-refractivity contribution < 1.29 is 0 Å². The first kappa shape index (κ1) is 17.6. The van der Waals surface area contributed by atoms with Crippen LogP contribution in [-0.2, 0) is 6.54 Å². The molecule has 0 aliphatic carbocycles. The topological polar surface area (TPSA) is 60.0 Å². The van der Waals surface area contributed by atoms with Crippen molar-refractivity contribution in [3.8, 4) is 0 Å². The van der Waals surface area contributed by atoms with Gasteiger partial charge in [-0.1, -0.05) is 6.92 Å². The van der Waals surface area contributed by atoms with Gasteiger partial charge in [0.05, 0.1) is 11.4 Å². The minimum absolute atomic E-state index is 0.226. The maximum atomic E-state index is 4.55. The Balaban J connectivity index is 1.65. The standard InChI is InChI=1S/C19H28N6/c1-12(11-24-15(4)7-13(2)22-24)9-20-16(5)18-10-21-19-8-14(3)23-25(19)17(18)6/h7-8,10,12,16,20H,9,11H2,1-6H3/t12-,16+/m1/s1. The van der Waals surface area contributed by atoms with E-state index in [0.29, 0.717) is 5.92 Å². The summed E-state index contributed by atoms with van der Waals surface area (Å²) in [6, 6.07) is 4.36. The molecule has 3 rings (SSSR count). The van der Waals surface area contributed by atoms with E-state index in [0.717, 1.165) is 35.8 Å². The first-order valence-electron chi connectivity index (χ1n) is 8.91. The summed E-state index contributed by atoms with van der Waals surface area (Å²) in [4.78, 5) is 4.54. The Hall–Kier alpha value is -2.21. The molecule has 0 saturated heterocycles. The van der Waals surface area contributed by atoms with Gasteiger partial charge in [-0.15, -0.1) is 0 Å². The number of fused-ring (bicyclic) bond motifs is 1. The molecule has 0 spiro atoms. The molecule has 6 nitrogen and oxygen atoms in total. The maximum absolute atomic E-state index is 4.55. The molecule has 0 amide bonds. The van der Waals surface area contributed by atoms with Crippen molar-refractivity contribution >= 4 is 5.65 Å². The van der Waals surface area contributed by atoms with Gasteiger partial charge in [-0.2, -0.15) is 10.2 Å². The molecular formula is C19H28N6. The quantitative estimate of drug-likeness (QED) is 0.749. The van der Waals surface area contributed by atoms with Crippen molar-refractivity contribution in [2.75, 3.05) is 6.54 Å². The van der Waals surface area contributed by atoms with Gasteiger partial charge in [0.15, 0.2) is 5.65 Å². The lowest BCUT2D eigenvalue weighted by molar-refractivity contribution is 0.397. The van der Waals surface area contributed by atoms with E-state index in [4.69, 9.17) is 0 Å². The van der Waals surface area contributed by atoms with Gasteiger partial charge >= 0.3 is 0 Å². The summed E-state index contributed by atoms with van der Waals surface area (Å²) in [5.41, 5.74) is 6.53. The Bertz CT molecular complexity index is 876. The third-order valence-electron chi connectivity index (χ3n) is 4.71. The van der Waals surface area contributed by atoms with Crippen LogP contribution in [0.25, 0.3) is 5.65 Å². The molecule has 0 fully saturated rings. The largest absolute Gasteiger partial charge is 0.310 e. The molecule has 6 heteroatoms. The fraction of sp³-hybridized carbons (Fsp3) is 0.526. The van der Waals surface area contributed by atoms with Crippen LogP contribution in [0.15, 0.2) is 18.3 Å². The van der Waals surface area contributed by atoms with Gasteiger partial charge in [0.2, 0.25) is 0 Å². The number of nitrogens with zero attached hydrogens (tertiary/aromatic N) is 5. The van der Waals surface area contributed by atoms with Gasteiger partial charge in [0, 0.05) is 48.3 Å². The first-order valence-corrected chi connectivity index (χ1v) is 8.91. The van der Waals surface area contributed by atoms with Crippen LogP contribution in [0.5, 0.6) is 0 Å². The lowest BCUT2D eigenvalue weighted by atomic mass is 10.1. The second-order valence-corrected chi connectivity index (χ2v) is 7.20. The van der Waals surface area contributed by atoms with Crippen LogP contribution in [0, 0.1) is 33.6 Å². The number of hydrogen-bond acceptors (Lipinski definition) is 4. The molecule has 0 radical (unpaired) electrons. The molecule has 0 saturated carbocycles. The van der Waals surface area contributed by atoms with Crippen LogP contribution >= 0.6 is 0 Å². The van der Waals surface area contributed by atoms with Crippen LogP contribution in [0.4, 0.5) is 0 Å². The second kappa shape index (κ2) is 6.96. The van der Waals surface area contributed by atoms with E-state index in [-0.39, 0.29) is 6.04 Å². The fourth-order valence-electron chi connectivity index (χ4n) is 3.31. The zero-order valence-electron chi connectivity index (χ0n) is 16.0. The molecule has 0 aliphatic rings. The third-order valence-corrected chi connectivity index (χ3v) is 4.71. The SMILES string of the molecule is Cc1cc(C)n(C[C@H](C)CN[C@@H](C)c2cnc3cc(C)nn3c2C)n1. The summed E-state index contributed by atoms with van der Waals surface area (Å²) >= 11 is 0. The van der Waals surface area contributed by atoms with Crippen molar-refractivity contribution in [1.82, 2.24) is 29.7 Å². The minimum Gasteiger partial charge on any atom is -0.310 e. The van der Waals surface area contributed by atoms with Gasteiger partial charge in [-0.3, -0.25) is 4.68 Å². The zero-order chi connectivity index (χ0) is 18.1. The van der Waals surface area contributed by atoms with Gasteiger partial charge < -0.3 is 5.32 Å². The highest BCUT2D eigenvalue weighted by Crippen LogP contribution is 2.18. The lowest BCUT2D eigenvalue weighted by Crippen LogP contribution is -2.28. The molecule has 2 atom stereocenters. The van der Waals surface area contributed by atoms with Crippen molar-refractivity contribution in [3.05, 3.63) is 46.7 Å². The average molecular weight is 340 g/mol. The predicted molar refractivity (Wildman–Crippen MR) is 99.7 cm³/mol. The summed E-state index contributed by atoms with van der Waals surface area (Å²) in [5, 5.41) is 12.7. The molecule has 0 aromatic carbocycles. The fourth-order valence-corrected chi connectivity index (χ4v) is 3.31. The Morgan fingerprint density at radius 2 is 1.76 bits per heavy atom. The summed E-state index contributed by atoms with van der Waals surface area (Å²) in [6.45, 7) is 14.5. The molecule has 0 aliphatic heterocycles. The maximum Gasteiger partial charge on any atom is 0.155 e. The van der Waals surface area contributed by atoms with Gasteiger partial charge in [-0.05, 0) is 46.6 Å². The van der Waals surface area contributed by atoms with Crippen molar-refractivity contribution in [2.24, 2.45) is 5.92 Å². The van der Waals surface area contributed by atoms with E-state index in [1.54, 1.807) is 0 Å². The normalized spacial score (nSPS) is 14.2. The summed E-state index contributed by atoms with van der Waals surface area (Å²) in [5.74, 6) is 0.490. The van der Waals surface area contributed by atoms with E-state index in [1.165, 1.54) is 11.3 Å². The lowest BCUT2D eigenvalue weighted by Gasteiger charge is -2.20. The summed E-state index contributed by atoms with van der Waals surface area (Å²) in [7, 11) is 0. The molecule has 0 bridgehead atoms. The highest BCUT2D eigenvalue weighted by Gasteiger charge is 2.14. The van der Waals surface area contributed by atoms with E-state index in [1.807, 2.05) is 30.6 Å². The molecule has 134 valence electrons. The molecule has 25 heavy (non-hydrogen) atoms. The number of aromatic nitrogens is 5. The summed E-state index contributed by atoms with van der Waals surface area (Å²) < 4.78 is 4.03. The number of hydrogen-bond donors (Lipinski definition) is 1. The number of rotatable bonds is 6. The van der Waals surface area contributed by atoms with Gasteiger partial charge in [0.1, 0.15) is 0 Å². The van der Waals surface area contributed by atoms with Crippen molar-refractivity contribution in [1.29, 1.82) is 0 Å². The van der Waals surface area contributed by atoms with Gasteiger partial charge in [0.25, 0.3) is 0 Å². The summed E-state index contributed by atoms with van der Waals surface area (Å²) in [6.07, 6.45) is 1.97. The van der Waals surface area contributed by atoms with Crippen LogP contribution in [-0.4, -0.2) is 30.9 Å². The number of nitrogens with one attached hydrogen (secondary N) is 1. The predicted octanol–water partition coefficient (Wildman–Crippen LogP) is 3.15. The van der Waals surface area contributed by atoms with Crippen molar-refractivity contribution in [3.63, 3.8) is 0 Å². The van der Waals surface area contributed by atoms with E-state index < -0.39 is 0 Å². The van der Waals surface area contributed by atoms with E-state index in [2.05, 4.69) is 58.9 Å². The second-order valence-electron chi connectivity index (χ2n) is 7.20. The molecule has 3 aromatic heterocycles. The Labute approximate surface area is 149 Å². The first-order chi connectivity index (χ1) is 11.8. The van der Waals surface area contributed by atoms with E-state index >= 15 is 0 Å². The monoisotopic (exact) mass is 340 g/mol. The zero-order valence-corrected chi connectivity index (χ0v) is 16.0. The van der Waals surface area contributed by atoms with Crippen LogP contribution in [0.1, 0.15) is 48.2 Å². The van der Waals surface area contributed by atoms with Crippen LogP contribution in [0.2, 0.25) is 0 Å².